The summed E-state index contributed by atoms with van der Waals surface area (Å²) in [4.78, 5) is 29.7. The Balaban J connectivity index is 2.25. The number of benzene rings is 2. The molecule has 7 heteroatoms. The number of hydrogen-bond acceptors (Lipinski definition) is 6. The Morgan fingerprint density at radius 1 is 1.27 bits per heavy atom. The van der Waals surface area contributed by atoms with Crippen LogP contribution in [-0.2, 0) is 0 Å². The minimum atomic E-state index is -0.401. The van der Waals surface area contributed by atoms with E-state index in [0.29, 0.717) is 16.9 Å². The second-order valence-corrected chi connectivity index (χ2v) is 4.60. The zero-order valence-electron chi connectivity index (χ0n) is 11.5. The van der Waals surface area contributed by atoms with Crippen LogP contribution in [0.25, 0.3) is 22.3 Å². The van der Waals surface area contributed by atoms with Gasteiger partial charge < -0.3 is 14.8 Å². The maximum atomic E-state index is 12.1. The van der Waals surface area contributed by atoms with Crippen LogP contribution in [0.4, 0.5) is 5.69 Å². The van der Waals surface area contributed by atoms with Crippen LogP contribution < -0.4 is 10.3 Å². The number of rotatable bonds is 3. The van der Waals surface area contributed by atoms with Gasteiger partial charge in [-0.15, -0.1) is 4.91 Å². The normalized spacial score (nSPS) is 10.6. The minimum Gasteiger partial charge on any atom is -0.504 e. The Hall–Kier alpha value is -3.22. The molecule has 1 heterocycles. The van der Waals surface area contributed by atoms with Crippen LogP contribution in [0.15, 0.2) is 46.4 Å². The molecule has 0 atom stereocenters. The van der Waals surface area contributed by atoms with Crippen molar-refractivity contribution >= 4 is 16.6 Å². The molecule has 2 aromatic carbocycles. The summed E-state index contributed by atoms with van der Waals surface area (Å²) in [5, 5.41) is 12.8. The molecule has 0 amide bonds. The molecule has 0 aliphatic heterocycles. The third-order valence-corrected chi connectivity index (χ3v) is 3.23. The molecule has 0 spiro atoms. The van der Waals surface area contributed by atoms with Crippen molar-refractivity contribution in [3.05, 3.63) is 51.7 Å². The van der Waals surface area contributed by atoms with Gasteiger partial charge in [-0.3, -0.25) is 4.79 Å². The molecule has 22 heavy (non-hydrogen) atoms. The minimum absolute atomic E-state index is 0.137. The van der Waals surface area contributed by atoms with Crippen molar-refractivity contribution in [1.82, 2.24) is 9.97 Å². The van der Waals surface area contributed by atoms with E-state index >= 15 is 0 Å². The van der Waals surface area contributed by atoms with Gasteiger partial charge >= 0.3 is 0 Å². The van der Waals surface area contributed by atoms with Crippen molar-refractivity contribution in [2.45, 2.75) is 0 Å². The first kappa shape index (κ1) is 13.7. The van der Waals surface area contributed by atoms with E-state index in [2.05, 4.69) is 15.1 Å². The Kier molecular flexibility index (Phi) is 3.30. The van der Waals surface area contributed by atoms with Crippen LogP contribution in [0.5, 0.6) is 11.5 Å². The number of nitroso groups, excluding NO2 is 1. The first-order valence-electron chi connectivity index (χ1n) is 6.37. The van der Waals surface area contributed by atoms with Gasteiger partial charge in [-0.2, -0.15) is 0 Å². The van der Waals surface area contributed by atoms with Gasteiger partial charge in [-0.05, 0) is 23.4 Å². The first-order chi connectivity index (χ1) is 10.6. The predicted molar refractivity (Wildman–Crippen MR) is 81.5 cm³/mol. The lowest BCUT2D eigenvalue weighted by Gasteiger charge is -2.07. The van der Waals surface area contributed by atoms with E-state index in [-0.39, 0.29) is 22.6 Å². The summed E-state index contributed by atoms with van der Waals surface area (Å²) in [5.74, 6) is 0.387. The van der Waals surface area contributed by atoms with E-state index < -0.39 is 5.56 Å². The highest BCUT2D eigenvalue weighted by molar-refractivity contribution is 5.83. The number of H-pyrrole nitrogens is 1. The SMILES string of the molecule is COc1cc2nc(-c3cccc(N=O)c3)[nH]c(=O)c2cc1O. The number of nitrogens with zero attached hydrogens (tertiary/aromatic N) is 2. The van der Waals surface area contributed by atoms with Crippen molar-refractivity contribution in [3.8, 4) is 22.9 Å². The van der Waals surface area contributed by atoms with Crippen molar-refractivity contribution in [3.63, 3.8) is 0 Å². The van der Waals surface area contributed by atoms with Crippen LogP contribution >= 0.6 is 0 Å². The number of methoxy groups -OCH3 is 1. The summed E-state index contributed by atoms with van der Waals surface area (Å²) in [7, 11) is 1.41. The molecule has 0 saturated heterocycles. The zero-order valence-corrected chi connectivity index (χ0v) is 11.5. The maximum Gasteiger partial charge on any atom is 0.259 e. The number of aromatic nitrogens is 2. The smallest absolute Gasteiger partial charge is 0.259 e. The summed E-state index contributed by atoms with van der Waals surface area (Å²) in [6.45, 7) is 0. The summed E-state index contributed by atoms with van der Waals surface area (Å²) in [6, 6.07) is 9.20. The highest BCUT2D eigenvalue weighted by Gasteiger charge is 2.11. The average Bonchev–Trinajstić information content (AvgIpc) is 2.55. The maximum absolute atomic E-state index is 12.1. The van der Waals surface area contributed by atoms with Gasteiger partial charge in [-0.25, -0.2) is 4.98 Å². The number of aromatic hydroxyl groups is 1. The fourth-order valence-electron chi connectivity index (χ4n) is 2.17. The molecule has 0 aliphatic rings. The van der Waals surface area contributed by atoms with E-state index in [0.717, 1.165) is 0 Å². The molecule has 7 nitrogen and oxygen atoms in total. The summed E-state index contributed by atoms with van der Waals surface area (Å²) in [6.07, 6.45) is 0. The molecule has 0 unspecified atom stereocenters. The fourth-order valence-corrected chi connectivity index (χ4v) is 2.17. The van der Waals surface area contributed by atoms with Crippen LogP contribution in [0, 0.1) is 4.91 Å². The van der Waals surface area contributed by atoms with Gasteiger partial charge in [0.05, 0.1) is 18.0 Å². The standard InChI is InChI=1S/C15H11N3O4/c1-22-13-7-11-10(6-12(13)19)15(20)17-14(16-11)8-3-2-4-9(5-8)18-21/h2-7,19H,1H3,(H,16,17,20). The summed E-state index contributed by atoms with van der Waals surface area (Å²) in [5.41, 5.74) is 0.770. The van der Waals surface area contributed by atoms with Crippen LogP contribution in [0.1, 0.15) is 0 Å². The van der Waals surface area contributed by atoms with Crippen LogP contribution in [0.3, 0.4) is 0 Å². The van der Waals surface area contributed by atoms with E-state index in [4.69, 9.17) is 4.74 Å². The van der Waals surface area contributed by atoms with Crippen molar-refractivity contribution in [1.29, 1.82) is 0 Å². The van der Waals surface area contributed by atoms with Crippen LogP contribution in [0.2, 0.25) is 0 Å². The number of phenols is 1. The number of aromatic amines is 1. The third-order valence-electron chi connectivity index (χ3n) is 3.23. The number of nitrogens with one attached hydrogen (secondary N) is 1. The molecule has 3 aromatic rings. The van der Waals surface area contributed by atoms with Crippen molar-refractivity contribution in [2.24, 2.45) is 5.18 Å². The highest BCUT2D eigenvalue weighted by Crippen LogP contribution is 2.30. The Bertz CT molecular complexity index is 934. The molecule has 110 valence electrons. The van der Waals surface area contributed by atoms with Gasteiger partial charge in [0.25, 0.3) is 5.56 Å². The Morgan fingerprint density at radius 3 is 2.82 bits per heavy atom. The third kappa shape index (κ3) is 2.28. The van der Waals surface area contributed by atoms with Gasteiger partial charge in [0.15, 0.2) is 11.5 Å². The molecule has 3 rings (SSSR count). The lowest BCUT2D eigenvalue weighted by atomic mass is 10.1. The van der Waals surface area contributed by atoms with Gasteiger partial charge in [0.1, 0.15) is 11.5 Å². The predicted octanol–water partition coefficient (Wildman–Crippen LogP) is 2.70. The lowest BCUT2D eigenvalue weighted by Crippen LogP contribution is -2.09. The van der Waals surface area contributed by atoms with Gasteiger partial charge in [0.2, 0.25) is 0 Å². The molecular formula is C15H11N3O4. The molecule has 0 radical (unpaired) electrons. The second-order valence-electron chi connectivity index (χ2n) is 4.60. The topological polar surface area (TPSA) is 105 Å². The van der Waals surface area contributed by atoms with Gasteiger partial charge in [-0.1, -0.05) is 12.1 Å². The lowest BCUT2D eigenvalue weighted by molar-refractivity contribution is 0.374. The van der Waals surface area contributed by atoms with Crippen LogP contribution in [-0.4, -0.2) is 22.2 Å². The largest absolute Gasteiger partial charge is 0.504 e. The van der Waals surface area contributed by atoms with Crippen molar-refractivity contribution < 1.29 is 9.84 Å². The number of ether oxygens (including phenoxy) is 1. The first-order valence-corrected chi connectivity index (χ1v) is 6.37. The van der Waals surface area contributed by atoms with E-state index in [1.165, 1.54) is 25.3 Å². The molecule has 2 N–H and O–H groups in total. The Morgan fingerprint density at radius 2 is 2.09 bits per heavy atom. The monoisotopic (exact) mass is 297 g/mol. The molecule has 1 aromatic heterocycles. The fraction of sp³-hybridized carbons (Fsp3) is 0.0667. The number of hydrogen-bond donors (Lipinski definition) is 2. The number of phenolic OH excluding ortho intramolecular Hbond substituents is 1. The average molecular weight is 297 g/mol. The zero-order chi connectivity index (χ0) is 15.7. The van der Waals surface area contributed by atoms with E-state index in [1.807, 2.05) is 0 Å². The second kappa shape index (κ2) is 5.28. The molecule has 0 saturated carbocycles. The van der Waals surface area contributed by atoms with E-state index in [1.54, 1.807) is 18.2 Å². The quantitative estimate of drug-likeness (QED) is 0.723. The molecule has 0 bridgehead atoms. The highest BCUT2D eigenvalue weighted by atomic mass is 16.5. The van der Waals surface area contributed by atoms with Gasteiger partial charge in [0, 0.05) is 11.6 Å². The molecule has 0 fully saturated rings. The number of fused-ring (bicyclic) bond motifs is 1. The van der Waals surface area contributed by atoms with Crippen molar-refractivity contribution in [2.75, 3.05) is 7.11 Å². The van der Waals surface area contributed by atoms with E-state index in [9.17, 15) is 14.8 Å². The molecule has 0 aliphatic carbocycles. The molecular weight excluding hydrogens is 286 g/mol. The Labute approximate surface area is 124 Å². The summed E-state index contributed by atoms with van der Waals surface area (Å²) >= 11 is 0. The summed E-state index contributed by atoms with van der Waals surface area (Å²) < 4.78 is 5.02.